The van der Waals surface area contributed by atoms with Crippen molar-refractivity contribution in [3.05, 3.63) is 24.0 Å². The van der Waals surface area contributed by atoms with Crippen LogP contribution in [0.3, 0.4) is 0 Å². The molecule has 0 saturated heterocycles. The summed E-state index contributed by atoms with van der Waals surface area (Å²) in [5.41, 5.74) is 7.93. The van der Waals surface area contributed by atoms with Crippen LogP contribution in [-0.2, 0) is 22.7 Å². The maximum atomic E-state index is 11.7. The molecule has 0 unspecified atom stereocenters. The number of amides is 1. The van der Waals surface area contributed by atoms with E-state index < -0.39 is 0 Å². The topological polar surface area (TPSA) is 102 Å². The second-order valence-corrected chi connectivity index (χ2v) is 4.68. The second kappa shape index (κ2) is 7.05. The number of benzene rings is 1. The predicted octanol–water partition coefficient (Wildman–Crippen LogP) is 0.264. The molecule has 0 saturated carbocycles. The lowest BCUT2D eigenvalue weighted by Crippen LogP contribution is -2.27. The molecular weight excluding hydrogens is 272 g/mol. The van der Waals surface area contributed by atoms with Gasteiger partial charge in [-0.2, -0.15) is 0 Å². The molecule has 4 N–H and O–H groups in total. The summed E-state index contributed by atoms with van der Waals surface area (Å²) in [6, 6.07) is 5.38. The average molecular weight is 292 g/mol. The van der Waals surface area contributed by atoms with E-state index in [4.69, 9.17) is 10.5 Å². The largest absolute Gasteiger partial charge is 0.399 e. The number of anilines is 1. The van der Waals surface area contributed by atoms with Crippen LogP contribution in [0.1, 0.15) is 12.2 Å². The Labute approximate surface area is 122 Å². The van der Waals surface area contributed by atoms with E-state index in [9.17, 15) is 9.90 Å². The van der Waals surface area contributed by atoms with Crippen LogP contribution in [0.2, 0.25) is 0 Å². The van der Waals surface area contributed by atoms with Crippen molar-refractivity contribution in [3.63, 3.8) is 0 Å². The first-order chi connectivity index (χ1) is 10.2. The van der Waals surface area contributed by atoms with Gasteiger partial charge in [-0.15, -0.1) is 0 Å². The highest BCUT2D eigenvalue weighted by atomic mass is 16.5. The summed E-state index contributed by atoms with van der Waals surface area (Å²) in [4.78, 5) is 16.0. The van der Waals surface area contributed by atoms with E-state index in [0.717, 1.165) is 11.0 Å². The molecule has 0 fully saturated rings. The molecule has 1 heterocycles. The number of aromatic nitrogens is 2. The first-order valence-corrected chi connectivity index (χ1v) is 6.77. The average Bonchev–Trinajstić information content (AvgIpc) is 2.82. The van der Waals surface area contributed by atoms with Gasteiger partial charge in [0.15, 0.2) is 0 Å². The molecule has 2 aromatic rings. The Balaban J connectivity index is 2.08. The number of aryl methyl sites for hydroxylation is 1. The highest BCUT2D eigenvalue weighted by Gasteiger charge is 2.11. The smallest absolute Gasteiger partial charge is 0.221 e. The molecule has 0 aliphatic rings. The lowest BCUT2D eigenvalue weighted by molar-refractivity contribution is -0.121. The van der Waals surface area contributed by atoms with Gasteiger partial charge in [-0.1, -0.05) is 0 Å². The summed E-state index contributed by atoms with van der Waals surface area (Å²) in [5, 5.41) is 12.2. The summed E-state index contributed by atoms with van der Waals surface area (Å²) >= 11 is 0. The van der Waals surface area contributed by atoms with Gasteiger partial charge >= 0.3 is 0 Å². The molecule has 0 atom stereocenters. The molecule has 7 heteroatoms. The van der Waals surface area contributed by atoms with Crippen molar-refractivity contribution in [1.82, 2.24) is 14.9 Å². The number of imidazole rings is 1. The molecule has 1 amide bonds. The van der Waals surface area contributed by atoms with E-state index in [1.54, 1.807) is 19.2 Å². The minimum Gasteiger partial charge on any atom is -0.399 e. The number of aliphatic hydroxyl groups is 1. The zero-order valence-corrected chi connectivity index (χ0v) is 12.0. The van der Waals surface area contributed by atoms with Crippen molar-refractivity contribution in [2.75, 3.05) is 26.0 Å². The number of hydrogen-bond donors (Lipinski definition) is 3. The fraction of sp³-hybridized carbons (Fsp3) is 0.429. The zero-order valence-electron chi connectivity index (χ0n) is 12.0. The molecule has 2 rings (SSSR count). The molecular formula is C14H20N4O3. The van der Waals surface area contributed by atoms with Crippen LogP contribution < -0.4 is 11.1 Å². The van der Waals surface area contributed by atoms with Gasteiger partial charge in [-0.3, -0.25) is 4.79 Å². The van der Waals surface area contributed by atoms with Crippen molar-refractivity contribution in [2.24, 2.45) is 0 Å². The fourth-order valence-electron chi connectivity index (χ4n) is 2.16. The number of carbonyl (C=O) groups is 1. The van der Waals surface area contributed by atoms with E-state index in [1.807, 2.05) is 10.6 Å². The highest BCUT2D eigenvalue weighted by Crippen LogP contribution is 2.19. The summed E-state index contributed by atoms with van der Waals surface area (Å²) in [6.07, 6.45) is 0.312. The predicted molar refractivity (Wildman–Crippen MR) is 79.6 cm³/mol. The maximum Gasteiger partial charge on any atom is 0.221 e. The quantitative estimate of drug-likeness (QED) is 0.502. The van der Waals surface area contributed by atoms with E-state index >= 15 is 0 Å². The van der Waals surface area contributed by atoms with Gasteiger partial charge in [-0.05, 0) is 18.2 Å². The SMILES string of the molecule is COCCNC(=O)CCn1c(CO)nc2cc(N)ccc21. The number of hydrogen-bond acceptors (Lipinski definition) is 5. The Morgan fingerprint density at radius 2 is 2.33 bits per heavy atom. The zero-order chi connectivity index (χ0) is 15.2. The fourth-order valence-corrected chi connectivity index (χ4v) is 2.16. The monoisotopic (exact) mass is 292 g/mol. The Hall–Kier alpha value is -2.12. The number of ether oxygens (including phenoxy) is 1. The molecule has 1 aromatic heterocycles. The molecule has 0 aliphatic carbocycles. The maximum absolute atomic E-state index is 11.7. The molecule has 0 bridgehead atoms. The van der Waals surface area contributed by atoms with Crippen molar-refractivity contribution in [2.45, 2.75) is 19.6 Å². The van der Waals surface area contributed by atoms with Crippen LogP contribution in [0.25, 0.3) is 11.0 Å². The molecule has 0 spiro atoms. The van der Waals surface area contributed by atoms with Gasteiger partial charge in [0.1, 0.15) is 12.4 Å². The van der Waals surface area contributed by atoms with Crippen LogP contribution in [0.5, 0.6) is 0 Å². The van der Waals surface area contributed by atoms with Crippen LogP contribution >= 0.6 is 0 Å². The van der Waals surface area contributed by atoms with E-state index in [-0.39, 0.29) is 12.5 Å². The lowest BCUT2D eigenvalue weighted by Gasteiger charge is -2.08. The van der Waals surface area contributed by atoms with Crippen LogP contribution in [0.4, 0.5) is 5.69 Å². The Bertz CT molecular complexity index is 624. The minimum atomic E-state index is -0.181. The highest BCUT2D eigenvalue weighted by molar-refractivity contribution is 5.80. The molecule has 1 aromatic carbocycles. The van der Waals surface area contributed by atoms with Gasteiger partial charge in [0.05, 0.1) is 17.6 Å². The molecule has 7 nitrogen and oxygen atoms in total. The number of fused-ring (bicyclic) bond motifs is 1. The third-order valence-corrected chi connectivity index (χ3v) is 3.18. The Kier molecular flexibility index (Phi) is 5.13. The van der Waals surface area contributed by atoms with Crippen molar-refractivity contribution < 1.29 is 14.6 Å². The van der Waals surface area contributed by atoms with Gasteiger partial charge in [-0.25, -0.2) is 4.98 Å². The number of rotatable bonds is 7. The normalized spacial score (nSPS) is 11.0. The number of nitrogens with zero attached hydrogens (tertiary/aromatic N) is 2. The van der Waals surface area contributed by atoms with Gasteiger partial charge < -0.3 is 25.5 Å². The molecule has 0 aliphatic heterocycles. The Morgan fingerprint density at radius 3 is 3.05 bits per heavy atom. The second-order valence-electron chi connectivity index (χ2n) is 4.68. The number of nitrogen functional groups attached to an aromatic ring is 1. The number of aliphatic hydroxyl groups excluding tert-OH is 1. The summed E-state index contributed by atoms with van der Waals surface area (Å²) in [6.45, 7) is 1.25. The third kappa shape index (κ3) is 3.71. The summed E-state index contributed by atoms with van der Waals surface area (Å²) in [5.74, 6) is 0.466. The van der Waals surface area contributed by atoms with Gasteiger partial charge in [0.25, 0.3) is 0 Å². The van der Waals surface area contributed by atoms with Gasteiger partial charge in [0, 0.05) is 32.3 Å². The van der Waals surface area contributed by atoms with E-state index in [0.29, 0.717) is 37.6 Å². The van der Waals surface area contributed by atoms with Gasteiger partial charge in [0.2, 0.25) is 5.91 Å². The van der Waals surface area contributed by atoms with Crippen LogP contribution in [-0.4, -0.2) is 40.8 Å². The lowest BCUT2D eigenvalue weighted by atomic mass is 10.2. The molecule has 21 heavy (non-hydrogen) atoms. The first kappa shape index (κ1) is 15.3. The number of methoxy groups -OCH3 is 1. The van der Waals surface area contributed by atoms with E-state index in [1.165, 1.54) is 0 Å². The number of nitrogens with two attached hydrogens (primary N) is 1. The van der Waals surface area contributed by atoms with E-state index in [2.05, 4.69) is 10.3 Å². The summed E-state index contributed by atoms with van der Waals surface area (Å²) < 4.78 is 6.71. The van der Waals surface area contributed by atoms with Crippen LogP contribution in [0.15, 0.2) is 18.2 Å². The first-order valence-electron chi connectivity index (χ1n) is 6.77. The number of carbonyl (C=O) groups excluding carboxylic acids is 1. The Morgan fingerprint density at radius 1 is 1.52 bits per heavy atom. The number of nitrogens with one attached hydrogen (secondary N) is 1. The van der Waals surface area contributed by atoms with Crippen molar-refractivity contribution >= 4 is 22.6 Å². The van der Waals surface area contributed by atoms with Crippen molar-refractivity contribution in [1.29, 1.82) is 0 Å². The minimum absolute atomic E-state index is 0.0618. The summed E-state index contributed by atoms with van der Waals surface area (Å²) in [7, 11) is 1.59. The molecule has 114 valence electrons. The standard InChI is InChI=1S/C14H20N4O3/c1-21-7-5-16-14(20)4-6-18-12-3-2-10(15)8-11(12)17-13(18)9-19/h2-3,8,19H,4-7,9,15H2,1H3,(H,16,20). The van der Waals surface area contributed by atoms with Crippen molar-refractivity contribution in [3.8, 4) is 0 Å². The van der Waals surface area contributed by atoms with Crippen LogP contribution in [0, 0.1) is 0 Å². The third-order valence-electron chi connectivity index (χ3n) is 3.18. The molecule has 0 radical (unpaired) electrons.